The highest BCUT2D eigenvalue weighted by atomic mass is 16.5. The van der Waals surface area contributed by atoms with Gasteiger partial charge in [0.05, 0.1) is 6.10 Å². The van der Waals surface area contributed by atoms with Crippen LogP contribution >= 0.6 is 0 Å². The molecule has 1 rings (SSSR count). The van der Waals surface area contributed by atoms with Gasteiger partial charge in [0.1, 0.15) is 0 Å². The summed E-state index contributed by atoms with van der Waals surface area (Å²) in [6.07, 6.45) is 1.18. The Morgan fingerprint density at radius 3 is 2.91 bits per heavy atom. The minimum Gasteiger partial charge on any atom is -0.380 e. The zero-order chi connectivity index (χ0) is 8.27. The minimum absolute atomic E-state index is 0.00968. The van der Waals surface area contributed by atoms with Gasteiger partial charge in [-0.15, -0.1) is 0 Å². The van der Waals surface area contributed by atoms with Crippen LogP contribution in [-0.2, 0) is 4.74 Å². The van der Waals surface area contributed by atoms with Gasteiger partial charge in [-0.2, -0.15) is 0 Å². The van der Waals surface area contributed by atoms with Crippen molar-refractivity contribution in [2.24, 2.45) is 0 Å². The Morgan fingerprint density at radius 1 is 1.73 bits per heavy atom. The van der Waals surface area contributed by atoms with Gasteiger partial charge in [0, 0.05) is 27.2 Å². The van der Waals surface area contributed by atoms with Crippen molar-refractivity contribution in [2.75, 3.05) is 27.2 Å². The molecule has 4 heteroatoms. The van der Waals surface area contributed by atoms with Gasteiger partial charge in [-0.25, -0.2) is 4.79 Å². The first-order valence-corrected chi connectivity index (χ1v) is 3.77. The third-order valence-electron chi connectivity index (χ3n) is 1.98. The van der Waals surface area contributed by atoms with Gasteiger partial charge in [0.25, 0.3) is 0 Å². The van der Waals surface area contributed by atoms with E-state index in [-0.39, 0.29) is 12.1 Å². The Hall–Kier alpha value is -0.770. The highest BCUT2D eigenvalue weighted by molar-refractivity contribution is 5.74. The van der Waals surface area contributed by atoms with Crippen molar-refractivity contribution in [3.63, 3.8) is 0 Å². The Morgan fingerprint density at radius 2 is 2.45 bits per heavy atom. The van der Waals surface area contributed by atoms with E-state index in [2.05, 4.69) is 5.32 Å². The van der Waals surface area contributed by atoms with Crippen LogP contribution in [0.5, 0.6) is 0 Å². The second-order valence-electron chi connectivity index (χ2n) is 2.65. The van der Waals surface area contributed by atoms with Gasteiger partial charge in [-0.05, 0) is 6.42 Å². The standard InChI is InChI=1S/C7H14N2O2/c1-8-7(10)9-4-3-6(5-9)11-2/h6H,3-5H2,1-2H3,(H,8,10)/t6-/m0/s1. The number of carbonyl (C=O) groups excluding carboxylic acids is 1. The van der Waals surface area contributed by atoms with Crippen LogP contribution in [0, 0.1) is 0 Å². The number of carbonyl (C=O) groups is 1. The van der Waals surface area contributed by atoms with Gasteiger partial charge >= 0.3 is 6.03 Å². The van der Waals surface area contributed by atoms with Crippen molar-refractivity contribution >= 4 is 6.03 Å². The number of hydrogen-bond acceptors (Lipinski definition) is 2. The third-order valence-corrected chi connectivity index (χ3v) is 1.98. The van der Waals surface area contributed by atoms with E-state index >= 15 is 0 Å². The normalized spacial score (nSPS) is 23.8. The maximum atomic E-state index is 11.0. The maximum Gasteiger partial charge on any atom is 0.317 e. The fraction of sp³-hybridized carbons (Fsp3) is 0.857. The first-order chi connectivity index (χ1) is 5.27. The number of rotatable bonds is 1. The molecule has 4 nitrogen and oxygen atoms in total. The zero-order valence-corrected chi connectivity index (χ0v) is 6.96. The molecular formula is C7H14N2O2. The molecule has 0 aromatic rings. The Labute approximate surface area is 66.5 Å². The smallest absolute Gasteiger partial charge is 0.317 e. The molecule has 1 heterocycles. The molecule has 0 bridgehead atoms. The van der Waals surface area contributed by atoms with E-state index in [9.17, 15) is 4.79 Å². The molecule has 0 radical (unpaired) electrons. The van der Waals surface area contributed by atoms with Gasteiger partial charge in [-0.3, -0.25) is 0 Å². The molecular weight excluding hydrogens is 144 g/mol. The Bertz CT molecular complexity index is 149. The fourth-order valence-corrected chi connectivity index (χ4v) is 1.26. The maximum absolute atomic E-state index is 11.0. The Balaban J connectivity index is 2.35. The molecule has 1 fully saturated rings. The molecule has 1 aliphatic rings. The lowest BCUT2D eigenvalue weighted by Crippen LogP contribution is -2.36. The monoisotopic (exact) mass is 158 g/mol. The second kappa shape index (κ2) is 3.57. The summed E-state index contributed by atoms with van der Waals surface area (Å²) in [6, 6.07) is -0.00968. The molecule has 0 aromatic heterocycles. The molecule has 1 saturated heterocycles. The number of likely N-dealkylation sites (tertiary alicyclic amines) is 1. The van der Waals surface area contributed by atoms with Crippen molar-refractivity contribution in [3.8, 4) is 0 Å². The summed E-state index contributed by atoms with van der Waals surface area (Å²) in [7, 11) is 3.32. The molecule has 0 aromatic carbocycles. The van der Waals surface area contributed by atoms with Crippen LogP contribution in [0.4, 0.5) is 4.79 Å². The fourth-order valence-electron chi connectivity index (χ4n) is 1.26. The molecule has 0 unspecified atom stereocenters. The van der Waals surface area contributed by atoms with Crippen LogP contribution in [-0.4, -0.2) is 44.3 Å². The summed E-state index contributed by atoms with van der Waals surface area (Å²) in [5.74, 6) is 0. The summed E-state index contributed by atoms with van der Waals surface area (Å²) in [5.41, 5.74) is 0. The third kappa shape index (κ3) is 1.83. The second-order valence-corrected chi connectivity index (χ2v) is 2.65. The van der Waals surface area contributed by atoms with Crippen LogP contribution in [0.15, 0.2) is 0 Å². The summed E-state index contributed by atoms with van der Waals surface area (Å²) in [5, 5.41) is 2.58. The van der Waals surface area contributed by atoms with Crippen molar-refractivity contribution < 1.29 is 9.53 Å². The van der Waals surface area contributed by atoms with Crippen LogP contribution in [0.3, 0.4) is 0 Å². The summed E-state index contributed by atoms with van der Waals surface area (Å²) >= 11 is 0. The molecule has 0 aliphatic carbocycles. The van der Waals surface area contributed by atoms with E-state index in [1.54, 1.807) is 19.1 Å². The molecule has 1 atom stereocenters. The van der Waals surface area contributed by atoms with Gasteiger partial charge in [-0.1, -0.05) is 0 Å². The van der Waals surface area contributed by atoms with Crippen molar-refractivity contribution in [3.05, 3.63) is 0 Å². The number of urea groups is 1. The number of hydrogen-bond donors (Lipinski definition) is 1. The molecule has 0 saturated carbocycles. The number of nitrogens with zero attached hydrogens (tertiary/aromatic N) is 1. The van der Waals surface area contributed by atoms with Gasteiger partial charge in [0.15, 0.2) is 0 Å². The van der Waals surface area contributed by atoms with Crippen LogP contribution < -0.4 is 5.32 Å². The van der Waals surface area contributed by atoms with Crippen LogP contribution in [0.1, 0.15) is 6.42 Å². The lowest BCUT2D eigenvalue weighted by Gasteiger charge is -2.14. The number of nitrogens with one attached hydrogen (secondary N) is 1. The number of methoxy groups -OCH3 is 1. The van der Waals surface area contributed by atoms with Crippen molar-refractivity contribution in [1.29, 1.82) is 0 Å². The zero-order valence-electron chi connectivity index (χ0n) is 6.96. The minimum atomic E-state index is -0.00968. The largest absolute Gasteiger partial charge is 0.380 e. The average molecular weight is 158 g/mol. The average Bonchev–Trinajstić information content (AvgIpc) is 2.50. The lowest BCUT2D eigenvalue weighted by atomic mass is 10.3. The topological polar surface area (TPSA) is 41.6 Å². The van der Waals surface area contributed by atoms with Gasteiger partial charge in [0.2, 0.25) is 0 Å². The predicted octanol–water partition coefficient (Wildman–Crippen LogP) is 0.0465. The molecule has 2 amide bonds. The molecule has 11 heavy (non-hydrogen) atoms. The first kappa shape index (κ1) is 8.33. The van der Waals surface area contributed by atoms with Crippen LogP contribution in [0.25, 0.3) is 0 Å². The van der Waals surface area contributed by atoms with E-state index in [4.69, 9.17) is 4.74 Å². The SMILES string of the molecule is CNC(=O)N1CC[C@H](OC)C1. The van der Waals surface area contributed by atoms with Gasteiger partial charge < -0.3 is 15.0 Å². The number of ether oxygens (including phenoxy) is 1. The van der Waals surface area contributed by atoms with E-state index in [1.165, 1.54) is 0 Å². The van der Waals surface area contributed by atoms with Crippen molar-refractivity contribution in [1.82, 2.24) is 10.2 Å². The van der Waals surface area contributed by atoms with E-state index < -0.39 is 0 Å². The van der Waals surface area contributed by atoms with E-state index in [0.717, 1.165) is 19.5 Å². The predicted molar refractivity (Wildman–Crippen MR) is 41.4 cm³/mol. The van der Waals surface area contributed by atoms with E-state index in [1.807, 2.05) is 0 Å². The lowest BCUT2D eigenvalue weighted by molar-refractivity contribution is 0.110. The van der Waals surface area contributed by atoms with Crippen molar-refractivity contribution in [2.45, 2.75) is 12.5 Å². The molecule has 1 N–H and O–H groups in total. The Kier molecular flexibility index (Phi) is 2.70. The molecule has 64 valence electrons. The molecule has 0 spiro atoms. The van der Waals surface area contributed by atoms with E-state index in [0.29, 0.717) is 0 Å². The molecule has 1 aliphatic heterocycles. The summed E-state index contributed by atoms with van der Waals surface area (Å²) < 4.78 is 5.11. The quantitative estimate of drug-likeness (QED) is 0.585. The van der Waals surface area contributed by atoms with Crippen LogP contribution in [0.2, 0.25) is 0 Å². The summed E-state index contributed by atoms with van der Waals surface area (Å²) in [4.78, 5) is 12.8. The highest BCUT2D eigenvalue weighted by Gasteiger charge is 2.24. The summed E-state index contributed by atoms with van der Waals surface area (Å²) in [6.45, 7) is 1.52. The first-order valence-electron chi connectivity index (χ1n) is 3.77. The highest BCUT2D eigenvalue weighted by Crippen LogP contribution is 2.10. The number of amides is 2.